The normalized spacial score (nSPS) is 18.8. The van der Waals surface area contributed by atoms with E-state index in [1.165, 1.54) is 12.1 Å². The quantitative estimate of drug-likeness (QED) is 0.770. The van der Waals surface area contributed by atoms with E-state index in [4.69, 9.17) is 4.74 Å². The van der Waals surface area contributed by atoms with Crippen LogP contribution in [-0.4, -0.2) is 16.7 Å². The summed E-state index contributed by atoms with van der Waals surface area (Å²) < 4.78 is 34.2. The predicted octanol–water partition coefficient (Wildman–Crippen LogP) is 4.07. The Morgan fingerprint density at radius 3 is 2.83 bits per heavy atom. The molecule has 1 N–H and O–H groups in total. The van der Waals surface area contributed by atoms with Gasteiger partial charge in [-0.3, -0.25) is 9.78 Å². The van der Waals surface area contributed by atoms with E-state index < -0.39 is 23.5 Å². The van der Waals surface area contributed by atoms with Gasteiger partial charge in [0.1, 0.15) is 6.61 Å². The van der Waals surface area contributed by atoms with Crippen molar-refractivity contribution in [2.75, 3.05) is 0 Å². The van der Waals surface area contributed by atoms with E-state index in [9.17, 15) is 18.4 Å². The first kappa shape index (κ1) is 19.9. The van der Waals surface area contributed by atoms with Crippen molar-refractivity contribution in [3.63, 3.8) is 0 Å². The van der Waals surface area contributed by atoms with E-state index in [2.05, 4.69) is 10.3 Å². The van der Waals surface area contributed by atoms with E-state index in [0.29, 0.717) is 41.8 Å². The van der Waals surface area contributed by atoms with Crippen LogP contribution in [0.4, 0.5) is 8.78 Å². The number of ketones is 1. The number of esters is 1. The molecule has 2 aromatic rings. The highest BCUT2D eigenvalue weighted by Gasteiger charge is 2.40. The number of nitrogens with one attached hydrogen (secondary N) is 1. The van der Waals surface area contributed by atoms with Gasteiger partial charge in [0.25, 0.3) is 0 Å². The van der Waals surface area contributed by atoms with Gasteiger partial charge in [-0.05, 0) is 31.9 Å². The SMILES string of the molecule is CC1=C(C(=O)OCc2cccnc2)C(c2cccc(F)c2F)C2=C(CCCC2=O)N1. The zero-order valence-electron chi connectivity index (χ0n) is 16.4. The van der Waals surface area contributed by atoms with E-state index in [0.717, 1.165) is 6.07 Å². The summed E-state index contributed by atoms with van der Waals surface area (Å²) in [6, 6.07) is 7.27. The zero-order chi connectivity index (χ0) is 21.3. The fourth-order valence-electron chi connectivity index (χ4n) is 4.02. The van der Waals surface area contributed by atoms with Crippen LogP contribution in [0, 0.1) is 11.6 Å². The number of halogens is 2. The Morgan fingerprint density at radius 1 is 1.23 bits per heavy atom. The minimum Gasteiger partial charge on any atom is -0.457 e. The fourth-order valence-corrected chi connectivity index (χ4v) is 4.02. The fraction of sp³-hybridized carbons (Fsp3) is 0.261. The Hall–Kier alpha value is -3.35. The Bertz CT molecular complexity index is 1080. The minimum atomic E-state index is -1.07. The first-order valence-corrected chi connectivity index (χ1v) is 9.71. The number of carbonyl (C=O) groups excluding carboxylic acids is 2. The van der Waals surface area contributed by atoms with Gasteiger partial charge in [0.2, 0.25) is 0 Å². The highest BCUT2D eigenvalue weighted by atomic mass is 19.2. The standard InChI is InChI=1S/C23H20F2N2O3/c1-13-19(23(29)30-12-14-5-4-10-26-11-14)20(15-6-2-7-16(24)22(15)25)21-17(27-13)8-3-9-18(21)28/h2,4-7,10-11,20,27H,3,8-9,12H2,1H3. The number of nitrogens with zero attached hydrogens (tertiary/aromatic N) is 1. The molecule has 0 spiro atoms. The Balaban J connectivity index is 1.76. The molecule has 0 saturated heterocycles. The summed E-state index contributed by atoms with van der Waals surface area (Å²) in [6.07, 6.45) is 4.74. The molecule has 1 aromatic carbocycles. The number of hydrogen-bond acceptors (Lipinski definition) is 5. The molecule has 0 amide bonds. The van der Waals surface area contributed by atoms with Crippen molar-refractivity contribution in [3.05, 3.63) is 88.0 Å². The van der Waals surface area contributed by atoms with Crippen molar-refractivity contribution in [2.45, 2.75) is 38.7 Å². The Kier molecular flexibility index (Phi) is 5.44. The second kappa shape index (κ2) is 8.18. The summed E-state index contributed by atoms with van der Waals surface area (Å²) >= 11 is 0. The van der Waals surface area contributed by atoms with Crippen LogP contribution in [0.5, 0.6) is 0 Å². The molecule has 4 rings (SSSR count). The number of benzene rings is 1. The molecule has 0 radical (unpaired) electrons. The number of dihydropyridines is 1. The zero-order valence-corrected chi connectivity index (χ0v) is 16.4. The predicted molar refractivity (Wildman–Crippen MR) is 105 cm³/mol. The van der Waals surface area contributed by atoms with Gasteiger partial charge in [-0.1, -0.05) is 18.2 Å². The third kappa shape index (κ3) is 3.63. The summed E-state index contributed by atoms with van der Waals surface area (Å²) in [4.78, 5) is 29.8. The van der Waals surface area contributed by atoms with E-state index in [1.807, 2.05) is 0 Å². The van der Waals surface area contributed by atoms with Gasteiger partial charge < -0.3 is 10.1 Å². The molecular weight excluding hydrogens is 390 g/mol. The van der Waals surface area contributed by atoms with Crippen LogP contribution >= 0.6 is 0 Å². The van der Waals surface area contributed by atoms with E-state index >= 15 is 0 Å². The summed E-state index contributed by atoms with van der Waals surface area (Å²) in [5.74, 6) is -3.99. The average molecular weight is 410 g/mol. The molecule has 30 heavy (non-hydrogen) atoms. The maximum absolute atomic E-state index is 14.8. The third-order valence-electron chi connectivity index (χ3n) is 5.38. The summed E-state index contributed by atoms with van der Waals surface area (Å²) in [5.41, 5.74) is 2.18. The van der Waals surface area contributed by atoms with Gasteiger partial charge in [-0.15, -0.1) is 0 Å². The lowest BCUT2D eigenvalue weighted by Gasteiger charge is -2.34. The van der Waals surface area contributed by atoms with Crippen LogP contribution < -0.4 is 5.32 Å². The van der Waals surface area contributed by atoms with Crippen LogP contribution in [0.25, 0.3) is 0 Å². The molecule has 0 fully saturated rings. The molecule has 0 saturated carbocycles. The smallest absolute Gasteiger partial charge is 0.337 e. The number of allylic oxidation sites excluding steroid dienone is 3. The molecule has 5 nitrogen and oxygen atoms in total. The molecule has 1 atom stereocenters. The molecular formula is C23H20F2N2O3. The van der Waals surface area contributed by atoms with Crippen LogP contribution in [0.1, 0.15) is 43.2 Å². The topological polar surface area (TPSA) is 68.3 Å². The number of ether oxygens (including phenoxy) is 1. The minimum absolute atomic E-state index is 0.0261. The number of pyridine rings is 1. The first-order chi connectivity index (χ1) is 14.5. The van der Waals surface area contributed by atoms with Crippen LogP contribution in [0.3, 0.4) is 0 Å². The van der Waals surface area contributed by atoms with Crippen molar-refractivity contribution in [3.8, 4) is 0 Å². The van der Waals surface area contributed by atoms with Gasteiger partial charge in [-0.2, -0.15) is 0 Å². The molecule has 1 unspecified atom stereocenters. The van der Waals surface area contributed by atoms with Gasteiger partial charge in [0.15, 0.2) is 17.4 Å². The summed E-state index contributed by atoms with van der Waals surface area (Å²) in [6.45, 7) is 1.65. The summed E-state index contributed by atoms with van der Waals surface area (Å²) in [5, 5.41) is 3.12. The van der Waals surface area contributed by atoms with Crippen LogP contribution in [0.2, 0.25) is 0 Å². The number of carbonyl (C=O) groups is 2. The molecule has 1 aliphatic heterocycles. The third-order valence-corrected chi connectivity index (χ3v) is 5.38. The number of Topliss-reactive ketones (excluding diaryl/α,β-unsaturated/α-hetero) is 1. The highest BCUT2D eigenvalue weighted by Crippen LogP contribution is 2.43. The van der Waals surface area contributed by atoms with Crippen molar-refractivity contribution in [2.24, 2.45) is 0 Å². The number of hydrogen-bond donors (Lipinski definition) is 1. The summed E-state index contributed by atoms with van der Waals surface area (Å²) in [7, 11) is 0. The molecule has 2 aliphatic rings. The van der Waals surface area contributed by atoms with Crippen molar-refractivity contribution in [1.29, 1.82) is 0 Å². The lowest BCUT2D eigenvalue weighted by molar-refractivity contribution is -0.140. The average Bonchev–Trinajstić information content (AvgIpc) is 2.74. The molecule has 1 aromatic heterocycles. The van der Waals surface area contributed by atoms with Crippen molar-refractivity contribution < 1.29 is 23.1 Å². The second-order valence-corrected chi connectivity index (χ2v) is 7.35. The molecule has 2 heterocycles. The van der Waals surface area contributed by atoms with E-state index in [1.54, 1.807) is 31.5 Å². The Labute approximate surface area is 172 Å². The molecule has 7 heteroatoms. The molecule has 0 bridgehead atoms. The largest absolute Gasteiger partial charge is 0.457 e. The monoisotopic (exact) mass is 410 g/mol. The molecule has 154 valence electrons. The van der Waals surface area contributed by atoms with Crippen LogP contribution in [0.15, 0.2) is 65.3 Å². The van der Waals surface area contributed by atoms with Crippen molar-refractivity contribution >= 4 is 11.8 Å². The number of rotatable bonds is 4. The second-order valence-electron chi connectivity index (χ2n) is 7.35. The van der Waals surface area contributed by atoms with Crippen molar-refractivity contribution in [1.82, 2.24) is 10.3 Å². The van der Waals surface area contributed by atoms with Gasteiger partial charge in [0, 0.05) is 46.9 Å². The maximum atomic E-state index is 14.8. The van der Waals surface area contributed by atoms with Crippen LogP contribution in [-0.2, 0) is 20.9 Å². The van der Waals surface area contributed by atoms with Gasteiger partial charge >= 0.3 is 5.97 Å². The van der Waals surface area contributed by atoms with Gasteiger partial charge in [0.05, 0.1) is 11.5 Å². The van der Waals surface area contributed by atoms with Gasteiger partial charge in [-0.25, -0.2) is 13.6 Å². The Morgan fingerprint density at radius 2 is 2.07 bits per heavy atom. The highest BCUT2D eigenvalue weighted by molar-refractivity contribution is 6.03. The lowest BCUT2D eigenvalue weighted by Crippen LogP contribution is -2.34. The lowest BCUT2D eigenvalue weighted by atomic mass is 9.75. The number of aromatic nitrogens is 1. The van der Waals surface area contributed by atoms with E-state index in [-0.39, 0.29) is 23.5 Å². The molecule has 1 aliphatic carbocycles. The maximum Gasteiger partial charge on any atom is 0.337 e. The first-order valence-electron chi connectivity index (χ1n) is 9.71.